The Bertz CT molecular complexity index is 315. The summed E-state index contributed by atoms with van der Waals surface area (Å²) < 4.78 is 0. The van der Waals surface area contributed by atoms with Crippen LogP contribution in [0.2, 0.25) is 0 Å². The zero-order valence-corrected chi connectivity index (χ0v) is 8.68. The van der Waals surface area contributed by atoms with Crippen molar-refractivity contribution in [2.24, 2.45) is 5.41 Å². The molecule has 14 heavy (non-hydrogen) atoms. The van der Waals surface area contributed by atoms with Crippen molar-refractivity contribution in [3.63, 3.8) is 0 Å². The predicted octanol–water partition coefficient (Wildman–Crippen LogP) is 0.934. The van der Waals surface area contributed by atoms with Gasteiger partial charge in [0, 0.05) is 19.9 Å². The number of nitrogens with one attached hydrogen (secondary N) is 1. The van der Waals surface area contributed by atoms with Crippen LogP contribution in [0.5, 0.6) is 0 Å². The molecule has 1 amide bonds. The highest BCUT2D eigenvalue weighted by Crippen LogP contribution is 2.35. The van der Waals surface area contributed by atoms with Crippen molar-refractivity contribution in [1.29, 1.82) is 0 Å². The molecule has 2 N–H and O–H groups in total. The molecule has 0 aromatic carbocycles. The molecule has 0 bridgehead atoms. The van der Waals surface area contributed by atoms with Gasteiger partial charge < -0.3 is 10.4 Å². The first kappa shape index (κ1) is 10.8. The van der Waals surface area contributed by atoms with Gasteiger partial charge in [-0.15, -0.1) is 0 Å². The van der Waals surface area contributed by atoms with E-state index in [1.54, 1.807) is 0 Å². The second kappa shape index (κ2) is 3.44. The lowest BCUT2D eigenvalue weighted by molar-refractivity contribution is -0.124. The highest BCUT2D eigenvalue weighted by molar-refractivity contribution is 6.20. The van der Waals surface area contributed by atoms with E-state index in [1.807, 2.05) is 13.8 Å². The normalized spacial score (nSPS) is 20.9. The SMILES string of the molecule is CNC(=O)C1=C(O)CC(C)(C)CC1=O. The second-order valence-corrected chi connectivity index (χ2v) is 4.34. The number of hydrogen-bond acceptors (Lipinski definition) is 3. The van der Waals surface area contributed by atoms with Gasteiger partial charge in [-0.1, -0.05) is 13.8 Å². The minimum absolute atomic E-state index is 0.0770. The van der Waals surface area contributed by atoms with Crippen molar-refractivity contribution in [3.05, 3.63) is 11.3 Å². The van der Waals surface area contributed by atoms with Gasteiger partial charge in [-0.25, -0.2) is 0 Å². The maximum atomic E-state index is 11.5. The molecule has 0 unspecified atom stereocenters. The molecule has 0 heterocycles. The first-order valence-corrected chi connectivity index (χ1v) is 4.55. The molecule has 4 nitrogen and oxygen atoms in total. The van der Waals surface area contributed by atoms with Crippen LogP contribution in [0.3, 0.4) is 0 Å². The van der Waals surface area contributed by atoms with Gasteiger partial charge in [0.2, 0.25) is 0 Å². The van der Waals surface area contributed by atoms with Crippen molar-refractivity contribution in [1.82, 2.24) is 5.32 Å². The van der Waals surface area contributed by atoms with E-state index in [1.165, 1.54) is 7.05 Å². The van der Waals surface area contributed by atoms with E-state index in [2.05, 4.69) is 5.32 Å². The van der Waals surface area contributed by atoms with Crippen molar-refractivity contribution in [2.75, 3.05) is 7.05 Å². The fourth-order valence-electron chi connectivity index (χ4n) is 1.67. The molecule has 78 valence electrons. The van der Waals surface area contributed by atoms with Crippen LogP contribution in [-0.2, 0) is 9.59 Å². The quantitative estimate of drug-likeness (QED) is 0.614. The zero-order chi connectivity index (χ0) is 10.9. The number of Topliss-reactive ketones (excluding diaryl/α,β-unsaturated/α-hetero) is 1. The average molecular weight is 197 g/mol. The summed E-state index contributed by atoms with van der Waals surface area (Å²) in [6.45, 7) is 3.78. The Balaban J connectivity index is 3.05. The summed E-state index contributed by atoms with van der Waals surface area (Å²) >= 11 is 0. The summed E-state index contributed by atoms with van der Waals surface area (Å²) in [5, 5.41) is 11.9. The van der Waals surface area contributed by atoms with E-state index in [0.717, 1.165) is 0 Å². The standard InChI is InChI=1S/C10H15NO3/c1-10(2)4-6(12)8(7(13)5-10)9(14)11-3/h12H,4-5H2,1-3H3,(H,11,14). The van der Waals surface area contributed by atoms with Crippen molar-refractivity contribution < 1.29 is 14.7 Å². The zero-order valence-electron chi connectivity index (χ0n) is 8.68. The number of ketones is 1. The summed E-state index contributed by atoms with van der Waals surface area (Å²) in [5.74, 6) is -0.869. The number of rotatable bonds is 1. The van der Waals surface area contributed by atoms with Crippen LogP contribution in [0.25, 0.3) is 0 Å². The molecule has 0 aromatic rings. The van der Waals surface area contributed by atoms with Gasteiger partial charge in [0.05, 0.1) is 0 Å². The number of allylic oxidation sites excluding steroid dienone is 1. The van der Waals surface area contributed by atoms with Gasteiger partial charge in [0.1, 0.15) is 11.3 Å². The molecular weight excluding hydrogens is 182 g/mol. The summed E-state index contributed by atoms with van der Waals surface area (Å²) in [4.78, 5) is 22.8. The smallest absolute Gasteiger partial charge is 0.258 e. The van der Waals surface area contributed by atoms with Crippen LogP contribution in [0.1, 0.15) is 26.7 Å². The number of aliphatic hydroxyl groups excluding tert-OH is 1. The minimum atomic E-state index is -0.497. The third kappa shape index (κ3) is 1.95. The van der Waals surface area contributed by atoms with Gasteiger partial charge in [-0.2, -0.15) is 0 Å². The highest BCUT2D eigenvalue weighted by Gasteiger charge is 2.35. The third-order valence-electron chi connectivity index (χ3n) is 2.31. The number of carbonyl (C=O) groups excluding carboxylic acids is 2. The lowest BCUT2D eigenvalue weighted by Crippen LogP contribution is -2.33. The molecule has 0 saturated carbocycles. The molecule has 1 aliphatic carbocycles. The van der Waals surface area contributed by atoms with Gasteiger partial charge in [-0.05, 0) is 5.41 Å². The Labute approximate surface area is 83.0 Å². The van der Waals surface area contributed by atoms with Crippen molar-refractivity contribution in [3.8, 4) is 0 Å². The van der Waals surface area contributed by atoms with Crippen LogP contribution in [0.15, 0.2) is 11.3 Å². The van der Waals surface area contributed by atoms with Crippen LogP contribution in [-0.4, -0.2) is 23.8 Å². The van der Waals surface area contributed by atoms with Gasteiger partial charge in [-0.3, -0.25) is 9.59 Å². The van der Waals surface area contributed by atoms with Crippen LogP contribution >= 0.6 is 0 Å². The average Bonchev–Trinajstić information content (AvgIpc) is 1.99. The van der Waals surface area contributed by atoms with Crippen LogP contribution < -0.4 is 5.32 Å². The Morgan fingerprint density at radius 2 is 2.00 bits per heavy atom. The second-order valence-electron chi connectivity index (χ2n) is 4.34. The molecular formula is C10H15NO3. The molecule has 1 rings (SSSR count). The molecule has 4 heteroatoms. The van der Waals surface area contributed by atoms with E-state index >= 15 is 0 Å². The van der Waals surface area contributed by atoms with E-state index in [-0.39, 0.29) is 22.5 Å². The third-order valence-corrected chi connectivity index (χ3v) is 2.31. The Kier molecular flexibility index (Phi) is 2.64. The predicted molar refractivity (Wildman–Crippen MR) is 51.7 cm³/mol. The Hall–Kier alpha value is -1.32. The molecule has 0 spiro atoms. The van der Waals surface area contributed by atoms with Crippen molar-refractivity contribution >= 4 is 11.7 Å². The number of hydrogen-bond donors (Lipinski definition) is 2. The van der Waals surface area contributed by atoms with Gasteiger partial charge in [0.25, 0.3) is 5.91 Å². The first-order valence-electron chi connectivity index (χ1n) is 4.55. The summed E-state index contributed by atoms with van der Waals surface area (Å²) in [6.07, 6.45) is 0.682. The Morgan fingerprint density at radius 3 is 2.43 bits per heavy atom. The molecule has 1 aliphatic rings. The lowest BCUT2D eigenvalue weighted by atomic mass is 9.76. The van der Waals surface area contributed by atoms with E-state index < -0.39 is 5.91 Å². The number of aliphatic hydroxyl groups is 1. The molecule has 0 saturated heterocycles. The topological polar surface area (TPSA) is 66.4 Å². The van der Waals surface area contributed by atoms with Crippen molar-refractivity contribution in [2.45, 2.75) is 26.7 Å². The number of likely N-dealkylation sites (N-methyl/N-ethyl adjacent to an activating group) is 1. The summed E-state index contributed by atoms with van der Waals surface area (Å²) in [5.41, 5.74) is -0.328. The first-order chi connectivity index (χ1) is 6.37. The minimum Gasteiger partial charge on any atom is -0.511 e. The fourth-order valence-corrected chi connectivity index (χ4v) is 1.67. The lowest BCUT2D eigenvalue weighted by Gasteiger charge is -2.28. The highest BCUT2D eigenvalue weighted by atomic mass is 16.3. The molecule has 0 aromatic heterocycles. The number of amides is 1. The van der Waals surface area contributed by atoms with E-state index in [4.69, 9.17) is 0 Å². The number of carbonyl (C=O) groups is 2. The molecule has 0 atom stereocenters. The molecule has 0 fully saturated rings. The Morgan fingerprint density at radius 1 is 1.43 bits per heavy atom. The molecule has 0 aliphatic heterocycles. The fraction of sp³-hybridized carbons (Fsp3) is 0.600. The van der Waals surface area contributed by atoms with E-state index in [0.29, 0.717) is 12.8 Å². The van der Waals surface area contributed by atoms with E-state index in [9.17, 15) is 14.7 Å². The maximum Gasteiger partial charge on any atom is 0.258 e. The van der Waals surface area contributed by atoms with Crippen LogP contribution in [0.4, 0.5) is 0 Å². The molecule has 0 radical (unpaired) electrons. The summed E-state index contributed by atoms with van der Waals surface area (Å²) in [7, 11) is 1.44. The summed E-state index contributed by atoms with van der Waals surface area (Å²) in [6, 6.07) is 0. The maximum absolute atomic E-state index is 11.5. The largest absolute Gasteiger partial charge is 0.511 e. The van der Waals surface area contributed by atoms with Gasteiger partial charge >= 0.3 is 0 Å². The van der Waals surface area contributed by atoms with Gasteiger partial charge in [0.15, 0.2) is 5.78 Å². The van der Waals surface area contributed by atoms with Crippen LogP contribution in [0, 0.1) is 5.41 Å². The monoisotopic (exact) mass is 197 g/mol.